The zero-order valence-corrected chi connectivity index (χ0v) is 7.43. The minimum absolute atomic E-state index is 0.191. The maximum absolute atomic E-state index is 13.2. The number of halogens is 3. The SMILES string of the molecule is Fc1cccc2c1CNC(C(F)F)C2. The number of rotatable bonds is 1. The lowest BCUT2D eigenvalue weighted by Crippen LogP contribution is -2.41. The van der Waals surface area contributed by atoms with Crippen LogP contribution in [-0.2, 0) is 13.0 Å². The van der Waals surface area contributed by atoms with Gasteiger partial charge in [-0.3, -0.25) is 0 Å². The predicted molar refractivity (Wildman–Crippen MR) is 46.7 cm³/mol. The van der Waals surface area contributed by atoms with Crippen LogP contribution in [0.2, 0.25) is 0 Å². The molecule has 0 radical (unpaired) electrons. The third-order valence-electron chi connectivity index (χ3n) is 2.50. The molecular weight excluding hydrogens is 191 g/mol. The third-order valence-corrected chi connectivity index (χ3v) is 2.50. The quantitative estimate of drug-likeness (QED) is 0.733. The maximum atomic E-state index is 13.2. The van der Waals surface area contributed by atoms with Crippen molar-refractivity contribution < 1.29 is 13.2 Å². The predicted octanol–water partition coefficient (Wildman–Crippen LogP) is 2.11. The van der Waals surface area contributed by atoms with E-state index in [-0.39, 0.29) is 18.8 Å². The molecule has 1 nitrogen and oxygen atoms in total. The van der Waals surface area contributed by atoms with Gasteiger partial charge in [-0.2, -0.15) is 0 Å². The van der Waals surface area contributed by atoms with Crippen molar-refractivity contribution in [3.8, 4) is 0 Å². The first-order valence-electron chi connectivity index (χ1n) is 4.46. The molecule has 1 N–H and O–H groups in total. The molecule has 76 valence electrons. The Labute approximate surface area is 79.9 Å². The first-order valence-corrected chi connectivity index (χ1v) is 4.46. The number of alkyl halides is 2. The number of hydrogen-bond acceptors (Lipinski definition) is 1. The van der Waals surface area contributed by atoms with E-state index in [1.165, 1.54) is 6.07 Å². The molecule has 0 aromatic heterocycles. The van der Waals surface area contributed by atoms with Gasteiger partial charge in [-0.15, -0.1) is 0 Å². The molecule has 0 saturated heterocycles. The summed E-state index contributed by atoms with van der Waals surface area (Å²) in [5.41, 5.74) is 1.21. The van der Waals surface area contributed by atoms with Crippen molar-refractivity contribution in [2.24, 2.45) is 0 Å². The fraction of sp³-hybridized carbons (Fsp3) is 0.400. The molecule has 1 unspecified atom stereocenters. The Morgan fingerprint density at radius 1 is 1.36 bits per heavy atom. The summed E-state index contributed by atoms with van der Waals surface area (Å²) in [7, 11) is 0. The molecule has 0 saturated carbocycles. The molecule has 1 aliphatic rings. The fourth-order valence-corrected chi connectivity index (χ4v) is 1.71. The van der Waals surface area contributed by atoms with E-state index in [2.05, 4.69) is 5.32 Å². The normalized spacial score (nSPS) is 21.0. The number of benzene rings is 1. The molecule has 14 heavy (non-hydrogen) atoms. The summed E-state index contributed by atoms with van der Waals surface area (Å²) in [4.78, 5) is 0. The highest BCUT2D eigenvalue weighted by Crippen LogP contribution is 2.21. The largest absolute Gasteiger partial charge is 0.304 e. The molecule has 1 aromatic carbocycles. The Kier molecular flexibility index (Phi) is 2.46. The van der Waals surface area contributed by atoms with Crippen molar-refractivity contribution in [2.75, 3.05) is 0 Å². The lowest BCUT2D eigenvalue weighted by molar-refractivity contribution is 0.0938. The Hall–Kier alpha value is -1.03. The number of fused-ring (bicyclic) bond motifs is 1. The van der Waals surface area contributed by atoms with E-state index >= 15 is 0 Å². The Morgan fingerprint density at radius 2 is 2.14 bits per heavy atom. The summed E-state index contributed by atoms with van der Waals surface area (Å²) >= 11 is 0. The smallest absolute Gasteiger partial charge is 0.254 e. The lowest BCUT2D eigenvalue weighted by atomic mass is 9.96. The summed E-state index contributed by atoms with van der Waals surface area (Å²) in [5.74, 6) is -0.317. The van der Waals surface area contributed by atoms with E-state index in [1.807, 2.05) is 0 Å². The van der Waals surface area contributed by atoms with Crippen LogP contribution in [0.4, 0.5) is 13.2 Å². The average molecular weight is 201 g/mol. The van der Waals surface area contributed by atoms with E-state index in [9.17, 15) is 13.2 Å². The van der Waals surface area contributed by atoms with E-state index in [0.29, 0.717) is 11.1 Å². The van der Waals surface area contributed by atoms with E-state index in [0.717, 1.165) is 0 Å². The molecule has 0 amide bonds. The van der Waals surface area contributed by atoms with Gasteiger partial charge < -0.3 is 5.32 Å². The van der Waals surface area contributed by atoms with Crippen LogP contribution >= 0.6 is 0 Å². The van der Waals surface area contributed by atoms with Gasteiger partial charge in [-0.05, 0) is 18.1 Å². The molecule has 0 aliphatic carbocycles. The summed E-state index contributed by atoms with van der Waals surface area (Å²) in [6.45, 7) is 0.191. The van der Waals surface area contributed by atoms with Gasteiger partial charge in [0.2, 0.25) is 0 Å². The van der Waals surface area contributed by atoms with Gasteiger partial charge in [0.05, 0.1) is 6.04 Å². The summed E-state index contributed by atoms with van der Waals surface area (Å²) in [6.07, 6.45) is -2.20. The van der Waals surface area contributed by atoms with Crippen LogP contribution in [0.3, 0.4) is 0 Å². The first kappa shape index (κ1) is 9.52. The highest BCUT2D eigenvalue weighted by atomic mass is 19.3. The van der Waals surface area contributed by atoms with Gasteiger partial charge in [-0.25, -0.2) is 13.2 Å². The summed E-state index contributed by atoms with van der Waals surface area (Å²) in [5, 5.41) is 2.63. The van der Waals surface area contributed by atoms with Crippen molar-refractivity contribution in [3.05, 3.63) is 35.1 Å². The molecule has 1 heterocycles. The second kappa shape index (κ2) is 3.61. The molecular formula is C10H10F3N. The first-order chi connectivity index (χ1) is 6.68. The van der Waals surface area contributed by atoms with Crippen LogP contribution in [-0.4, -0.2) is 12.5 Å². The Bertz CT molecular complexity index is 338. The highest BCUT2D eigenvalue weighted by Gasteiger charge is 2.26. The molecule has 0 bridgehead atoms. The fourth-order valence-electron chi connectivity index (χ4n) is 1.71. The van der Waals surface area contributed by atoms with Crippen LogP contribution in [0.5, 0.6) is 0 Å². The molecule has 0 spiro atoms. The monoisotopic (exact) mass is 201 g/mol. The molecule has 1 aromatic rings. The van der Waals surface area contributed by atoms with E-state index in [1.54, 1.807) is 12.1 Å². The van der Waals surface area contributed by atoms with Crippen LogP contribution in [0.1, 0.15) is 11.1 Å². The second-order valence-corrected chi connectivity index (χ2v) is 3.40. The molecule has 2 rings (SSSR count). The van der Waals surface area contributed by atoms with E-state index in [4.69, 9.17) is 0 Å². The maximum Gasteiger partial charge on any atom is 0.254 e. The topological polar surface area (TPSA) is 12.0 Å². The third kappa shape index (κ3) is 1.62. The molecule has 1 atom stereocenters. The summed E-state index contributed by atoms with van der Waals surface area (Å²) in [6, 6.07) is 3.77. The van der Waals surface area contributed by atoms with Crippen molar-refractivity contribution in [1.82, 2.24) is 5.32 Å². The lowest BCUT2D eigenvalue weighted by Gasteiger charge is -2.25. The summed E-state index contributed by atoms with van der Waals surface area (Å²) < 4.78 is 37.9. The van der Waals surface area contributed by atoms with Gasteiger partial charge in [0.15, 0.2) is 0 Å². The Morgan fingerprint density at radius 3 is 2.86 bits per heavy atom. The zero-order chi connectivity index (χ0) is 10.1. The van der Waals surface area contributed by atoms with Crippen molar-refractivity contribution >= 4 is 0 Å². The van der Waals surface area contributed by atoms with Crippen LogP contribution in [0.25, 0.3) is 0 Å². The highest BCUT2D eigenvalue weighted by molar-refractivity contribution is 5.31. The standard InChI is InChI=1S/C10H10F3N/c11-8-3-1-2-6-4-9(10(12)13)14-5-7(6)8/h1-3,9-10,14H,4-5H2. The molecule has 4 heteroatoms. The zero-order valence-electron chi connectivity index (χ0n) is 7.43. The second-order valence-electron chi connectivity index (χ2n) is 3.40. The van der Waals surface area contributed by atoms with Crippen molar-refractivity contribution in [2.45, 2.75) is 25.4 Å². The van der Waals surface area contributed by atoms with Crippen LogP contribution in [0, 0.1) is 5.82 Å². The van der Waals surface area contributed by atoms with Gasteiger partial charge in [0.25, 0.3) is 6.43 Å². The number of nitrogens with one attached hydrogen (secondary N) is 1. The van der Waals surface area contributed by atoms with Gasteiger partial charge in [0, 0.05) is 12.1 Å². The Balaban J connectivity index is 2.27. The number of hydrogen-bond donors (Lipinski definition) is 1. The van der Waals surface area contributed by atoms with Crippen molar-refractivity contribution in [1.29, 1.82) is 0 Å². The van der Waals surface area contributed by atoms with Crippen LogP contribution < -0.4 is 5.32 Å². The minimum atomic E-state index is -2.40. The molecule has 0 fully saturated rings. The van der Waals surface area contributed by atoms with Gasteiger partial charge in [0.1, 0.15) is 5.82 Å². The minimum Gasteiger partial charge on any atom is -0.304 e. The van der Waals surface area contributed by atoms with Gasteiger partial charge >= 0.3 is 0 Å². The average Bonchev–Trinajstić information content (AvgIpc) is 2.17. The van der Waals surface area contributed by atoms with Crippen molar-refractivity contribution in [3.63, 3.8) is 0 Å². The van der Waals surface area contributed by atoms with Gasteiger partial charge in [-0.1, -0.05) is 12.1 Å². The van der Waals surface area contributed by atoms with Crippen LogP contribution in [0.15, 0.2) is 18.2 Å². The van der Waals surface area contributed by atoms with E-state index < -0.39 is 12.5 Å². The molecule has 1 aliphatic heterocycles.